The second kappa shape index (κ2) is 10.2. The van der Waals surface area contributed by atoms with E-state index in [0.717, 1.165) is 28.3 Å². The van der Waals surface area contributed by atoms with Gasteiger partial charge in [-0.2, -0.15) is 0 Å². The van der Waals surface area contributed by atoms with E-state index >= 15 is 0 Å². The highest BCUT2D eigenvalue weighted by Gasteiger charge is 2.01. The summed E-state index contributed by atoms with van der Waals surface area (Å²) < 4.78 is 14.0. The predicted octanol–water partition coefficient (Wildman–Crippen LogP) is 4.18. The first-order valence-corrected chi connectivity index (χ1v) is 8.21. The number of thiophene rings is 1. The maximum absolute atomic E-state index is 12.8. The maximum Gasteiger partial charge on any atom is 0.191 e. The molecule has 7 heteroatoms. The smallest absolute Gasteiger partial charge is 0.191 e. The average Bonchev–Trinajstić information content (AvgIpc) is 2.90. The summed E-state index contributed by atoms with van der Waals surface area (Å²) in [6.45, 7) is 1.43. The van der Waals surface area contributed by atoms with Crippen LogP contribution < -0.4 is 10.6 Å². The first kappa shape index (κ1) is 19.4. The lowest BCUT2D eigenvalue weighted by atomic mass is 10.2. The first-order chi connectivity index (χ1) is 10.2. The second-order valence-corrected chi connectivity index (χ2v) is 6.98. The highest BCUT2D eigenvalue weighted by Crippen LogP contribution is 2.21. The van der Waals surface area contributed by atoms with Crippen LogP contribution in [-0.2, 0) is 13.0 Å². The number of guanidine groups is 1. The molecule has 0 aliphatic carbocycles. The molecule has 120 valence electrons. The lowest BCUT2D eigenvalue weighted by molar-refractivity contribution is 0.626. The molecule has 1 heterocycles. The Hall–Kier alpha value is -0.670. The molecule has 1 aromatic carbocycles. The average molecular weight is 498 g/mol. The minimum Gasteiger partial charge on any atom is -0.356 e. The molecule has 0 radical (unpaired) electrons. The number of nitrogens with zero attached hydrogens (tertiary/aromatic N) is 1. The lowest BCUT2D eigenvalue weighted by Crippen LogP contribution is -2.37. The van der Waals surface area contributed by atoms with Crippen LogP contribution >= 0.6 is 51.2 Å². The Labute approximate surface area is 159 Å². The highest BCUT2D eigenvalue weighted by molar-refractivity contribution is 14.0. The van der Waals surface area contributed by atoms with Gasteiger partial charge in [-0.25, -0.2) is 4.39 Å². The van der Waals surface area contributed by atoms with Crippen LogP contribution in [0.4, 0.5) is 4.39 Å². The van der Waals surface area contributed by atoms with Crippen LogP contribution in [-0.4, -0.2) is 19.6 Å². The lowest BCUT2D eigenvalue weighted by Gasteiger charge is -2.11. The zero-order valence-electron chi connectivity index (χ0n) is 12.1. The molecule has 0 bridgehead atoms. The molecule has 0 spiro atoms. The molecule has 2 aromatic rings. The molecule has 0 aliphatic heterocycles. The van der Waals surface area contributed by atoms with E-state index in [2.05, 4.69) is 43.7 Å². The van der Waals surface area contributed by atoms with Gasteiger partial charge in [-0.05, 0) is 52.2 Å². The molecule has 2 N–H and O–H groups in total. The third kappa shape index (κ3) is 6.62. The van der Waals surface area contributed by atoms with Gasteiger partial charge in [0.2, 0.25) is 0 Å². The van der Waals surface area contributed by atoms with Crippen molar-refractivity contribution >= 4 is 57.2 Å². The number of rotatable bonds is 5. The SMILES string of the molecule is CN=C(NCCc1ccc(Br)s1)NCc1ccc(F)cc1.I. The molecular weight excluding hydrogens is 480 g/mol. The molecule has 3 nitrogen and oxygen atoms in total. The van der Waals surface area contributed by atoms with Gasteiger partial charge in [0.05, 0.1) is 3.79 Å². The van der Waals surface area contributed by atoms with Crippen LogP contribution in [0.25, 0.3) is 0 Å². The minimum atomic E-state index is -0.219. The van der Waals surface area contributed by atoms with E-state index in [-0.39, 0.29) is 29.8 Å². The molecule has 0 fully saturated rings. The summed E-state index contributed by atoms with van der Waals surface area (Å²) >= 11 is 5.20. The van der Waals surface area contributed by atoms with Gasteiger partial charge in [0.25, 0.3) is 0 Å². The first-order valence-electron chi connectivity index (χ1n) is 6.60. The monoisotopic (exact) mass is 497 g/mol. The molecule has 0 atom stereocenters. The van der Waals surface area contributed by atoms with Gasteiger partial charge in [0.1, 0.15) is 5.82 Å². The van der Waals surface area contributed by atoms with Crippen LogP contribution in [0.15, 0.2) is 45.2 Å². The number of hydrogen-bond acceptors (Lipinski definition) is 2. The molecule has 2 rings (SSSR count). The number of aliphatic imine (C=N–C) groups is 1. The maximum atomic E-state index is 12.8. The summed E-state index contributed by atoms with van der Waals surface area (Å²) in [5.74, 6) is 0.526. The van der Waals surface area contributed by atoms with Crippen LogP contribution in [0.3, 0.4) is 0 Å². The van der Waals surface area contributed by atoms with E-state index in [1.54, 1.807) is 30.5 Å². The van der Waals surface area contributed by atoms with Gasteiger partial charge in [0, 0.05) is 25.0 Å². The van der Waals surface area contributed by atoms with Crippen LogP contribution in [0, 0.1) is 5.82 Å². The molecule has 0 saturated carbocycles. The van der Waals surface area contributed by atoms with Gasteiger partial charge in [-0.1, -0.05) is 12.1 Å². The third-order valence-electron chi connectivity index (χ3n) is 2.89. The fourth-order valence-corrected chi connectivity index (χ4v) is 3.28. The van der Waals surface area contributed by atoms with Crippen molar-refractivity contribution in [2.75, 3.05) is 13.6 Å². The molecule has 22 heavy (non-hydrogen) atoms. The minimum absolute atomic E-state index is 0. The van der Waals surface area contributed by atoms with Crippen molar-refractivity contribution in [3.8, 4) is 0 Å². The summed E-state index contributed by atoms with van der Waals surface area (Å²) in [5.41, 5.74) is 1.02. The van der Waals surface area contributed by atoms with E-state index < -0.39 is 0 Å². The standard InChI is InChI=1S/C15H17BrFN3S.HI/c1-18-15(19-9-8-13-6-7-14(16)21-13)20-10-11-2-4-12(17)5-3-11;/h2-7H,8-10H2,1H3,(H2,18,19,20);1H. The van der Waals surface area contributed by atoms with Crippen molar-refractivity contribution in [2.24, 2.45) is 4.99 Å². The van der Waals surface area contributed by atoms with E-state index in [9.17, 15) is 4.39 Å². The summed E-state index contributed by atoms with van der Waals surface area (Å²) in [7, 11) is 1.74. The van der Waals surface area contributed by atoms with Crippen LogP contribution in [0.2, 0.25) is 0 Å². The van der Waals surface area contributed by atoms with E-state index in [4.69, 9.17) is 0 Å². The van der Waals surface area contributed by atoms with E-state index in [1.807, 2.05) is 0 Å². The van der Waals surface area contributed by atoms with Crippen molar-refractivity contribution < 1.29 is 4.39 Å². The topological polar surface area (TPSA) is 36.4 Å². The van der Waals surface area contributed by atoms with Crippen molar-refractivity contribution in [1.29, 1.82) is 0 Å². The molecule has 0 unspecified atom stereocenters. The zero-order chi connectivity index (χ0) is 15.1. The molecule has 0 amide bonds. The molecule has 1 aromatic heterocycles. The number of nitrogens with one attached hydrogen (secondary N) is 2. The van der Waals surface area contributed by atoms with Crippen molar-refractivity contribution in [3.63, 3.8) is 0 Å². The number of halogens is 3. The quantitative estimate of drug-likeness (QED) is 0.369. The zero-order valence-corrected chi connectivity index (χ0v) is 16.8. The Morgan fingerprint density at radius 3 is 2.50 bits per heavy atom. The third-order valence-corrected chi connectivity index (χ3v) is 4.57. The second-order valence-electron chi connectivity index (χ2n) is 4.43. The van der Waals surface area contributed by atoms with Gasteiger partial charge >= 0.3 is 0 Å². The summed E-state index contributed by atoms with van der Waals surface area (Å²) in [6, 6.07) is 10.6. The Bertz CT molecular complexity index is 601. The van der Waals surface area contributed by atoms with Crippen molar-refractivity contribution in [1.82, 2.24) is 10.6 Å². The molecule has 0 aliphatic rings. The highest BCUT2D eigenvalue weighted by atomic mass is 127. The van der Waals surface area contributed by atoms with E-state index in [1.165, 1.54) is 17.0 Å². The Morgan fingerprint density at radius 1 is 1.18 bits per heavy atom. The fourth-order valence-electron chi connectivity index (χ4n) is 1.80. The normalized spacial score (nSPS) is 11.0. The Kier molecular flexibility index (Phi) is 8.96. The number of hydrogen-bond donors (Lipinski definition) is 2. The van der Waals surface area contributed by atoms with E-state index in [0.29, 0.717) is 6.54 Å². The molecular formula is C15H18BrFIN3S. The summed E-state index contributed by atoms with van der Waals surface area (Å²) in [5, 5.41) is 6.47. The van der Waals surface area contributed by atoms with Crippen molar-refractivity contribution in [2.45, 2.75) is 13.0 Å². The summed E-state index contributed by atoms with van der Waals surface area (Å²) in [6.07, 6.45) is 0.952. The van der Waals surface area contributed by atoms with Gasteiger partial charge in [0.15, 0.2) is 5.96 Å². The largest absolute Gasteiger partial charge is 0.356 e. The Morgan fingerprint density at radius 2 is 1.91 bits per heavy atom. The van der Waals surface area contributed by atoms with Gasteiger partial charge in [-0.3, -0.25) is 4.99 Å². The fraction of sp³-hybridized carbons (Fsp3) is 0.267. The van der Waals surface area contributed by atoms with Crippen LogP contribution in [0.5, 0.6) is 0 Å². The van der Waals surface area contributed by atoms with Crippen molar-refractivity contribution in [3.05, 3.63) is 56.4 Å². The Balaban J connectivity index is 0.00000242. The summed E-state index contributed by atoms with van der Waals surface area (Å²) in [4.78, 5) is 5.49. The predicted molar refractivity (Wildman–Crippen MR) is 106 cm³/mol. The molecule has 0 saturated heterocycles. The van der Waals surface area contributed by atoms with Crippen LogP contribution in [0.1, 0.15) is 10.4 Å². The van der Waals surface area contributed by atoms with Gasteiger partial charge in [-0.15, -0.1) is 35.3 Å². The number of benzene rings is 1. The van der Waals surface area contributed by atoms with Gasteiger partial charge < -0.3 is 10.6 Å².